The first-order valence-electron chi connectivity index (χ1n) is 9.59. The number of benzene rings is 2. The SMILES string of the molecule is CCn1c(=O)c(C)nc2cc(C(=O)O[C@@H](C)c3nnc(-c4ccccc4)o3)ccc21. The minimum atomic E-state index is -0.725. The molecule has 2 aromatic carbocycles. The molecule has 0 saturated heterocycles. The van der Waals surface area contributed by atoms with Crippen molar-refractivity contribution in [1.82, 2.24) is 19.7 Å². The Labute approximate surface area is 172 Å². The number of esters is 1. The molecule has 0 amide bonds. The van der Waals surface area contributed by atoms with Gasteiger partial charge in [0.25, 0.3) is 11.4 Å². The molecule has 2 heterocycles. The van der Waals surface area contributed by atoms with Gasteiger partial charge in [-0.05, 0) is 51.1 Å². The number of nitrogens with zero attached hydrogens (tertiary/aromatic N) is 4. The second kappa shape index (κ2) is 7.90. The summed E-state index contributed by atoms with van der Waals surface area (Å²) in [6.07, 6.45) is -0.725. The molecule has 0 unspecified atom stereocenters. The van der Waals surface area contributed by atoms with Gasteiger partial charge in [0.05, 0.1) is 16.6 Å². The smallest absolute Gasteiger partial charge is 0.338 e. The first kappa shape index (κ1) is 19.5. The first-order valence-corrected chi connectivity index (χ1v) is 9.59. The van der Waals surface area contributed by atoms with E-state index in [1.54, 1.807) is 36.6 Å². The van der Waals surface area contributed by atoms with E-state index in [9.17, 15) is 9.59 Å². The van der Waals surface area contributed by atoms with Gasteiger partial charge in [0, 0.05) is 12.1 Å². The van der Waals surface area contributed by atoms with Gasteiger partial charge < -0.3 is 13.7 Å². The molecule has 152 valence electrons. The molecule has 8 heteroatoms. The summed E-state index contributed by atoms with van der Waals surface area (Å²) >= 11 is 0. The van der Waals surface area contributed by atoms with Crippen LogP contribution in [0, 0.1) is 6.92 Å². The lowest BCUT2D eigenvalue weighted by Crippen LogP contribution is -2.23. The molecule has 0 N–H and O–H groups in total. The zero-order valence-electron chi connectivity index (χ0n) is 16.8. The number of hydrogen-bond donors (Lipinski definition) is 0. The third-order valence-corrected chi connectivity index (χ3v) is 4.75. The van der Waals surface area contributed by atoms with Crippen LogP contribution < -0.4 is 5.56 Å². The summed E-state index contributed by atoms with van der Waals surface area (Å²) in [7, 11) is 0. The topological polar surface area (TPSA) is 100 Å². The second-order valence-electron chi connectivity index (χ2n) is 6.81. The second-order valence-corrected chi connectivity index (χ2v) is 6.81. The van der Waals surface area contributed by atoms with Crippen molar-refractivity contribution in [3.05, 3.63) is 76.0 Å². The van der Waals surface area contributed by atoms with Crippen molar-refractivity contribution < 1.29 is 13.9 Å². The molecule has 4 rings (SSSR count). The van der Waals surface area contributed by atoms with Gasteiger partial charge in [0.15, 0.2) is 6.10 Å². The molecule has 0 bridgehead atoms. The molecule has 0 aliphatic heterocycles. The Hall–Kier alpha value is -3.81. The minimum absolute atomic E-state index is 0.139. The Morgan fingerprint density at radius 3 is 2.67 bits per heavy atom. The highest BCUT2D eigenvalue weighted by molar-refractivity contribution is 5.93. The van der Waals surface area contributed by atoms with Gasteiger partial charge in [-0.15, -0.1) is 10.2 Å². The third-order valence-electron chi connectivity index (χ3n) is 4.75. The number of carbonyl (C=O) groups excluding carboxylic acids is 1. The van der Waals surface area contributed by atoms with Crippen molar-refractivity contribution in [3.63, 3.8) is 0 Å². The van der Waals surface area contributed by atoms with Gasteiger partial charge in [-0.1, -0.05) is 18.2 Å². The molecular weight excluding hydrogens is 384 g/mol. The fourth-order valence-electron chi connectivity index (χ4n) is 3.19. The Morgan fingerprint density at radius 2 is 1.93 bits per heavy atom. The van der Waals surface area contributed by atoms with Crippen molar-refractivity contribution in [2.75, 3.05) is 0 Å². The predicted octanol–water partition coefficient (Wildman–Crippen LogP) is 3.69. The number of aryl methyl sites for hydroxylation is 2. The molecule has 0 spiro atoms. The summed E-state index contributed by atoms with van der Waals surface area (Å²) in [4.78, 5) is 29.2. The molecule has 30 heavy (non-hydrogen) atoms. The maximum atomic E-state index is 12.6. The Bertz CT molecular complexity index is 1280. The Morgan fingerprint density at radius 1 is 1.17 bits per heavy atom. The Kier molecular flexibility index (Phi) is 5.14. The van der Waals surface area contributed by atoms with Crippen molar-refractivity contribution in [2.45, 2.75) is 33.4 Å². The average Bonchev–Trinajstić information content (AvgIpc) is 3.25. The molecule has 0 aliphatic carbocycles. The maximum Gasteiger partial charge on any atom is 0.338 e. The maximum absolute atomic E-state index is 12.6. The lowest BCUT2D eigenvalue weighted by atomic mass is 10.2. The first-order chi connectivity index (χ1) is 14.5. The molecule has 2 aromatic heterocycles. The van der Waals surface area contributed by atoms with Crippen LogP contribution in [0.25, 0.3) is 22.5 Å². The van der Waals surface area contributed by atoms with Crippen LogP contribution in [0.4, 0.5) is 0 Å². The van der Waals surface area contributed by atoms with Gasteiger partial charge in [-0.2, -0.15) is 0 Å². The van der Waals surface area contributed by atoms with Crippen LogP contribution in [-0.2, 0) is 11.3 Å². The monoisotopic (exact) mass is 404 g/mol. The molecular formula is C22H20N4O4. The van der Waals surface area contributed by atoms with E-state index in [0.29, 0.717) is 34.7 Å². The van der Waals surface area contributed by atoms with Crippen molar-refractivity contribution in [3.8, 4) is 11.5 Å². The van der Waals surface area contributed by atoms with E-state index in [0.717, 1.165) is 5.56 Å². The molecule has 0 aliphatic rings. The summed E-state index contributed by atoms with van der Waals surface area (Å²) in [6, 6.07) is 14.3. The number of hydrogen-bond acceptors (Lipinski definition) is 7. The predicted molar refractivity (Wildman–Crippen MR) is 110 cm³/mol. The van der Waals surface area contributed by atoms with Crippen LogP contribution >= 0.6 is 0 Å². The van der Waals surface area contributed by atoms with Gasteiger partial charge in [-0.25, -0.2) is 9.78 Å². The van der Waals surface area contributed by atoms with E-state index < -0.39 is 12.1 Å². The molecule has 0 radical (unpaired) electrons. The lowest BCUT2D eigenvalue weighted by molar-refractivity contribution is 0.0280. The standard InChI is InChI=1S/C22H20N4O4/c1-4-26-18-11-10-16(12-17(18)23-13(2)21(26)27)22(28)29-14(3)19-24-25-20(30-19)15-8-6-5-7-9-15/h5-12,14H,4H2,1-3H3/t14-/m0/s1. The summed E-state index contributed by atoms with van der Waals surface area (Å²) in [5.74, 6) is 0.0192. The van der Waals surface area contributed by atoms with Crippen LogP contribution in [0.2, 0.25) is 0 Å². The largest absolute Gasteiger partial charge is 0.449 e. The van der Waals surface area contributed by atoms with Gasteiger partial charge in [0.2, 0.25) is 5.89 Å². The minimum Gasteiger partial charge on any atom is -0.449 e. The Balaban J connectivity index is 1.56. The molecule has 8 nitrogen and oxygen atoms in total. The fraction of sp³-hybridized carbons (Fsp3) is 0.227. The van der Waals surface area contributed by atoms with Gasteiger partial charge in [0.1, 0.15) is 5.69 Å². The number of aromatic nitrogens is 4. The van der Waals surface area contributed by atoms with Crippen LogP contribution in [0.1, 0.15) is 41.9 Å². The van der Waals surface area contributed by atoms with Crippen molar-refractivity contribution in [1.29, 1.82) is 0 Å². The molecule has 0 saturated carbocycles. The van der Waals surface area contributed by atoms with Crippen LogP contribution in [0.5, 0.6) is 0 Å². The molecule has 1 atom stereocenters. The van der Waals surface area contributed by atoms with E-state index in [1.807, 2.05) is 37.3 Å². The lowest BCUT2D eigenvalue weighted by Gasteiger charge is -2.12. The van der Waals surface area contributed by atoms with Crippen LogP contribution in [0.3, 0.4) is 0 Å². The zero-order chi connectivity index (χ0) is 21.3. The van der Waals surface area contributed by atoms with E-state index in [4.69, 9.17) is 9.15 Å². The van der Waals surface area contributed by atoms with Gasteiger partial charge in [-0.3, -0.25) is 4.79 Å². The number of rotatable bonds is 5. The van der Waals surface area contributed by atoms with E-state index in [1.165, 1.54) is 0 Å². The van der Waals surface area contributed by atoms with E-state index in [2.05, 4.69) is 15.2 Å². The van der Waals surface area contributed by atoms with E-state index >= 15 is 0 Å². The van der Waals surface area contributed by atoms with Gasteiger partial charge >= 0.3 is 5.97 Å². The van der Waals surface area contributed by atoms with E-state index in [-0.39, 0.29) is 11.4 Å². The highest BCUT2D eigenvalue weighted by Gasteiger charge is 2.20. The fourth-order valence-corrected chi connectivity index (χ4v) is 3.19. The van der Waals surface area contributed by atoms with Crippen molar-refractivity contribution >= 4 is 17.0 Å². The molecule has 0 fully saturated rings. The van der Waals surface area contributed by atoms with Crippen LogP contribution in [-0.4, -0.2) is 25.7 Å². The zero-order valence-corrected chi connectivity index (χ0v) is 16.8. The summed E-state index contributed by atoms with van der Waals surface area (Å²) in [6.45, 7) is 5.72. The summed E-state index contributed by atoms with van der Waals surface area (Å²) < 4.78 is 12.8. The highest BCUT2D eigenvalue weighted by Crippen LogP contribution is 2.23. The molecule has 4 aromatic rings. The number of ether oxygens (including phenoxy) is 1. The quantitative estimate of drug-likeness (QED) is 0.468. The van der Waals surface area contributed by atoms with Crippen molar-refractivity contribution in [2.24, 2.45) is 0 Å². The third kappa shape index (κ3) is 3.59. The number of carbonyl (C=O) groups is 1. The summed E-state index contributed by atoms with van der Waals surface area (Å²) in [5, 5.41) is 8.00. The van der Waals surface area contributed by atoms with Crippen LogP contribution in [0.15, 0.2) is 57.7 Å². The number of fused-ring (bicyclic) bond motifs is 1. The highest BCUT2D eigenvalue weighted by atomic mass is 16.6. The summed E-state index contributed by atoms with van der Waals surface area (Å²) in [5.41, 5.74) is 2.57. The normalized spacial score (nSPS) is 12.1. The average molecular weight is 404 g/mol.